The zero-order chi connectivity index (χ0) is 16.1. The second-order valence-corrected chi connectivity index (χ2v) is 7.39. The molecule has 1 aromatic rings. The first kappa shape index (κ1) is 15.6. The van der Waals surface area contributed by atoms with Crippen molar-refractivity contribution in [1.29, 1.82) is 0 Å². The van der Waals surface area contributed by atoms with Gasteiger partial charge in [-0.15, -0.1) is 0 Å². The van der Waals surface area contributed by atoms with Crippen molar-refractivity contribution in [3.8, 4) is 5.75 Å². The van der Waals surface area contributed by atoms with Gasteiger partial charge in [0.1, 0.15) is 11.4 Å². The van der Waals surface area contributed by atoms with Crippen LogP contribution in [0.5, 0.6) is 5.75 Å². The lowest BCUT2D eigenvalue weighted by Gasteiger charge is -2.23. The molecule has 0 aliphatic heterocycles. The van der Waals surface area contributed by atoms with Crippen LogP contribution in [0.4, 0.5) is 10.5 Å². The Morgan fingerprint density at radius 2 is 1.95 bits per heavy atom. The fraction of sp³-hybridized carbons (Fsp3) is 0.562. The number of amides is 1. The van der Waals surface area contributed by atoms with E-state index in [4.69, 9.17) is 10.5 Å². The lowest BCUT2D eigenvalue weighted by atomic mass is 9.95. The van der Waals surface area contributed by atoms with Gasteiger partial charge in [0.05, 0.1) is 0 Å². The number of aromatic hydroxyl groups is 1. The van der Waals surface area contributed by atoms with E-state index in [0.717, 1.165) is 12.0 Å². The molecule has 1 fully saturated rings. The molecule has 1 aliphatic carbocycles. The third-order valence-corrected chi connectivity index (χ3v) is 3.92. The molecule has 0 aromatic heterocycles. The summed E-state index contributed by atoms with van der Waals surface area (Å²) < 4.78 is 5.26. The van der Waals surface area contributed by atoms with Crippen LogP contribution in [0, 0.1) is 5.41 Å². The Bertz CT molecular complexity index is 575. The summed E-state index contributed by atoms with van der Waals surface area (Å²) in [5.74, 6) is 0.132. The van der Waals surface area contributed by atoms with Crippen molar-refractivity contribution in [1.82, 2.24) is 0 Å². The number of anilines is 1. The Hall–Kier alpha value is -1.75. The third kappa shape index (κ3) is 3.13. The van der Waals surface area contributed by atoms with E-state index in [9.17, 15) is 9.90 Å². The van der Waals surface area contributed by atoms with E-state index >= 15 is 0 Å². The van der Waals surface area contributed by atoms with Crippen molar-refractivity contribution >= 4 is 11.8 Å². The Morgan fingerprint density at radius 1 is 1.38 bits per heavy atom. The maximum Gasteiger partial charge on any atom is 0.412 e. The first-order valence-corrected chi connectivity index (χ1v) is 7.07. The third-order valence-electron chi connectivity index (χ3n) is 3.92. The van der Waals surface area contributed by atoms with E-state index in [1.165, 1.54) is 6.07 Å². The van der Waals surface area contributed by atoms with Gasteiger partial charge in [-0.1, -0.05) is 13.8 Å². The van der Waals surface area contributed by atoms with Gasteiger partial charge in [-0.05, 0) is 56.4 Å². The Labute approximate surface area is 125 Å². The molecule has 1 unspecified atom stereocenters. The molecular formula is C16H24N2O3. The van der Waals surface area contributed by atoms with Crippen molar-refractivity contribution in [2.45, 2.75) is 52.2 Å². The summed E-state index contributed by atoms with van der Waals surface area (Å²) in [7, 11) is 0. The van der Waals surface area contributed by atoms with Crippen LogP contribution < -0.4 is 11.1 Å². The molecule has 0 heterocycles. The predicted molar refractivity (Wildman–Crippen MR) is 82.2 cm³/mol. The van der Waals surface area contributed by atoms with Crippen LogP contribution in [-0.4, -0.2) is 16.8 Å². The topological polar surface area (TPSA) is 84.6 Å². The molecule has 4 N–H and O–H groups in total. The molecule has 21 heavy (non-hydrogen) atoms. The average Bonchev–Trinajstić information content (AvgIpc) is 2.79. The molecule has 0 bridgehead atoms. The number of phenols is 1. The normalized spacial score (nSPS) is 23.5. The fourth-order valence-electron chi connectivity index (χ4n) is 2.54. The van der Waals surface area contributed by atoms with Crippen LogP contribution in [0.15, 0.2) is 18.2 Å². The van der Waals surface area contributed by atoms with Crippen molar-refractivity contribution in [2.75, 3.05) is 5.32 Å². The van der Waals surface area contributed by atoms with Crippen LogP contribution in [0.2, 0.25) is 0 Å². The fourth-order valence-corrected chi connectivity index (χ4v) is 2.54. The van der Waals surface area contributed by atoms with Gasteiger partial charge in [-0.25, -0.2) is 4.79 Å². The number of ether oxygens (including phenoxy) is 1. The zero-order valence-corrected chi connectivity index (χ0v) is 13.3. The minimum absolute atomic E-state index is 0.0643. The zero-order valence-electron chi connectivity index (χ0n) is 13.3. The summed E-state index contributed by atoms with van der Waals surface area (Å²) in [4.78, 5) is 11.9. The molecule has 1 saturated carbocycles. The number of hydrogen-bond donors (Lipinski definition) is 3. The van der Waals surface area contributed by atoms with E-state index in [1.807, 2.05) is 0 Å². The molecule has 116 valence electrons. The Balaban J connectivity index is 2.27. The van der Waals surface area contributed by atoms with E-state index < -0.39 is 17.2 Å². The monoisotopic (exact) mass is 292 g/mol. The minimum atomic E-state index is -0.569. The maximum atomic E-state index is 11.9. The molecule has 1 atom stereocenters. The first-order chi connectivity index (χ1) is 9.45. The van der Waals surface area contributed by atoms with Gasteiger partial charge in [0, 0.05) is 11.2 Å². The maximum absolute atomic E-state index is 11.9. The molecule has 0 radical (unpaired) electrons. The van der Waals surface area contributed by atoms with Crippen LogP contribution in [0.25, 0.3) is 0 Å². The Kier molecular flexibility index (Phi) is 3.45. The number of carbonyl (C=O) groups is 1. The van der Waals surface area contributed by atoms with Gasteiger partial charge in [-0.2, -0.15) is 0 Å². The van der Waals surface area contributed by atoms with Gasteiger partial charge >= 0.3 is 6.09 Å². The predicted octanol–water partition coefficient (Wildman–Crippen LogP) is 3.32. The molecule has 0 spiro atoms. The standard InChI is InChI=1S/C16H24N2O3/c1-14(2,3)21-13(20)18-12-7-6-10(19)8-11(12)16(17)9-15(16,4)5/h6-8,19H,9,17H2,1-5H3,(H,18,20). The molecule has 5 heteroatoms. The number of phenolic OH excluding ortho intramolecular Hbond substituents is 1. The summed E-state index contributed by atoms with van der Waals surface area (Å²) in [5.41, 5.74) is 6.55. The van der Waals surface area contributed by atoms with Gasteiger partial charge < -0.3 is 15.6 Å². The molecule has 1 aliphatic rings. The highest BCUT2D eigenvalue weighted by molar-refractivity contribution is 5.86. The minimum Gasteiger partial charge on any atom is -0.508 e. The molecule has 1 aromatic carbocycles. The van der Waals surface area contributed by atoms with Crippen molar-refractivity contribution in [2.24, 2.45) is 11.1 Å². The molecule has 0 saturated heterocycles. The quantitative estimate of drug-likeness (QED) is 0.730. The molecule has 1 amide bonds. The van der Waals surface area contributed by atoms with Crippen LogP contribution >= 0.6 is 0 Å². The summed E-state index contributed by atoms with van der Waals surface area (Å²) >= 11 is 0. The van der Waals surface area contributed by atoms with Gasteiger partial charge in [0.25, 0.3) is 0 Å². The van der Waals surface area contributed by atoms with Crippen LogP contribution in [0.1, 0.15) is 46.6 Å². The SMILES string of the molecule is CC(C)(C)OC(=O)Nc1ccc(O)cc1C1(N)CC1(C)C. The van der Waals surface area contributed by atoms with E-state index in [0.29, 0.717) is 5.69 Å². The number of nitrogens with two attached hydrogens (primary N) is 1. The first-order valence-electron chi connectivity index (χ1n) is 7.07. The average molecular weight is 292 g/mol. The van der Waals surface area contributed by atoms with Gasteiger partial charge in [-0.3, -0.25) is 5.32 Å². The number of rotatable bonds is 2. The van der Waals surface area contributed by atoms with E-state index in [2.05, 4.69) is 19.2 Å². The number of hydrogen-bond acceptors (Lipinski definition) is 4. The van der Waals surface area contributed by atoms with Crippen LogP contribution in [-0.2, 0) is 10.3 Å². The molecule has 5 nitrogen and oxygen atoms in total. The highest BCUT2D eigenvalue weighted by Gasteiger charge is 2.60. The summed E-state index contributed by atoms with van der Waals surface area (Å²) in [6.07, 6.45) is 0.267. The molecular weight excluding hydrogens is 268 g/mol. The van der Waals surface area contributed by atoms with Crippen molar-refractivity contribution < 1.29 is 14.6 Å². The van der Waals surface area contributed by atoms with E-state index in [1.54, 1.807) is 32.9 Å². The van der Waals surface area contributed by atoms with Gasteiger partial charge in [0.15, 0.2) is 0 Å². The van der Waals surface area contributed by atoms with Crippen molar-refractivity contribution in [3.05, 3.63) is 23.8 Å². The van der Waals surface area contributed by atoms with Crippen molar-refractivity contribution in [3.63, 3.8) is 0 Å². The number of benzene rings is 1. The lowest BCUT2D eigenvalue weighted by Crippen LogP contribution is -2.30. The highest BCUT2D eigenvalue weighted by Crippen LogP contribution is 2.62. The number of carbonyl (C=O) groups excluding carboxylic acids is 1. The largest absolute Gasteiger partial charge is 0.508 e. The van der Waals surface area contributed by atoms with Gasteiger partial charge in [0.2, 0.25) is 0 Å². The molecule has 2 rings (SSSR count). The smallest absolute Gasteiger partial charge is 0.412 e. The highest BCUT2D eigenvalue weighted by atomic mass is 16.6. The second-order valence-electron chi connectivity index (χ2n) is 7.39. The summed E-state index contributed by atoms with van der Waals surface area (Å²) in [6, 6.07) is 4.79. The lowest BCUT2D eigenvalue weighted by molar-refractivity contribution is 0.0635. The Morgan fingerprint density at radius 3 is 2.43 bits per heavy atom. The summed E-state index contributed by atoms with van der Waals surface area (Å²) in [6.45, 7) is 9.54. The van der Waals surface area contributed by atoms with E-state index in [-0.39, 0.29) is 11.2 Å². The second kappa shape index (κ2) is 4.63. The summed E-state index contributed by atoms with van der Waals surface area (Å²) in [5, 5.41) is 12.4. The number of nitrogens with one attached hydrogen (secondary N) is 1. The van der Waals surface area contributed by atoms with Crippen LogP contribution in [0.3, 0.4) is 0 Å².